The molecule has 1 unspecified atom stereocenters. The summed E-state index contributed by atoms with van der Waals surface area (Å²) in [6.45, 7) is 6.76. The lowest BCUT2D eigenvalue weighted by atomic mass is 9.80. The summed E-state index contributed by atoms with van der Waals surface area (Å²) in [7, 11) is 0. The Morgan fingerprint density at radius 2 is 2.14 bits per heavy atom. The molecule has 0 saturated heterocycles. The Hall–Kier alpha value is -0.690. The van der Waals surface area contributed by atoms with E-state index in [0.29, 0.717) is 5.92 Å². The molecule has 0 aliphatic carbocycles. The number of anilines is 1. The van der Waals surface area contributed by atoms with Crippen molar-refractivity contribution in [2.24, 2.45) is 5.92 Å². The van der Waals surface area contributed by atoms with Crippen molar-refractivity contribution in [1.29, 1.82) is 0 Å². The highest BCUT2D eigenvalue weighted by Gasteiger charge is 2.31. The fraction of sp³-hybridized carbons (Fsp3) is 0.500. The molecule has 1 nitrogen and oxygen atoms in total. The molecule has 1 aromatic carbocycles. The van der Waals surface area contributed by atoms with E-state index in [2.05, 4.69) is 32.2 Å². The van der Waals surface area contributed by atoms with Gasteiger partial charge in [-0.1, -0.05) is 24.6 Å². The molecule has 2 rings (SSSR count). The van der Waals surface area contributed by atoms with Crippen molar-refractivity contribution in [3.8, 4) is 0 Å². The van der Waals surface area contributed by atoms with Crippen LogP contribution in [0.1, 0.15) is 26.3 Å². The molecule has 0 aromatic heterocycles. The van der Waals surface area contributed by atoms with E-state index in [1.54, 1.807) is 0 Å². The summed E-state index contributed by atoms with van der Waals surface area (Å²) in [6.07, 6.45) is 1.13. The van der Waals surface area contributed by atoms with Crippen LogP contribution in [0.15, 0.2) is 18.2 Å². The number of hydrogen-bond donors (Lipinski definition) is 1. The molecule has 1 aromatic rings. The van der Waals surface area contributed by atoms with Crippen molar-refractivity contribution in [2.45, 2.75) is 32.7 Å². The summed E-state index contributed by atoms with van der Waals surface area (Å²) in [6, 6.07) is 6.11. The van der Waals surface area contributed by atoms with Gasteiger partial charge in [0.15, 0.2) is 0 Å². The number of halogens is 1. The first-order chi connectivity index (χ1) is 6.49. The first-order valence-electron chi connectivity index (χ1n) is 5.05. The Bertz CT molecular complexity index is 357. The van der Waals surface area contributed by atoms with E-state index in [1.165, 1.54) is 11.3 Å². The Balaban J connectivity index is 2.41. The highest BCUT2D eigenvalue weighted by molar-refractivity contribution is 6.30. The fourth-order valence-electron chi connectivity index (χ4n) is 1.90. The number of benzene rings is 1. The van der Waals surface area contributed by atoms with Crippen molar-refractivity contribution < 1.29 is 0 Å². The van der Waals surface area contributed by atoms with Crippen LogP contribution in [-0.4, -0.2) is 5.54 Å². The summed E-state index contributed by atoms with van der Waals surface area (Å²) < 4.78 is 0. The molecule has 1 heterocycles. The second-order valence-corrected chi connectivity index (χ2v) is 5.19. The minimum absolute atomic E-state index is 0.164. The van der Waals surface area contributed by atoms with Gasteiger partial charge in [-0.3, -0.25) is 0 Å². The molecule has 0 radical (unpaired) electrons. The normalized spacial score (nSPS) is 23.9. The summed E-state index contributed by atoms with van der Waals surface area (Å²) in [5.74, 6) is 0.649. The molecular formula is C12H16ClN. The van der Waals surface area contributed by atoms with Crippen LogP contribution < -0.4 is 5.32 Å². The molecule has 0 amide bonds. The Morgan fingerprint density at radius 3 is 2.86 bits per heavy atom. The maximum absolute atomic E-state index is 5.97. The van der Waals surface area contributed by atoms with Gasteiger partial charge in [0, 0.05) is 16.2 Å². The van der Waals surface area contributed by atoms with Crippen LogP contribution in [0.5, 0.6) is 0 Å². The summed E-state index contributed by atoms with van der Waals surface area (Å²) in [4.78, 5) is 0. The molecule has 0 bridgehead atoms. The van der Waals surface area contributed by atoms with Crippen molar-refractivity contribution in [2.75, 3.05) is 5.32 Å². The summed E-state index contributed by atoms with van der Waals surface area (Å²) in [5.41, 5.74) is 2.74. The number of nitrogens with one attached hydrogen (secondary N) is 1. The van der Waals surface area contributed by atoms with Crippen molar-refractivity contribution in [3.63, 3.8) is 0 Å². The zero-order valence-corrected chi connectivity index (χ0v) is 9.65. The predicted molar refractivity (Wildman–Crippen MR) is 62.0 cm³/mol. The van der Waals surface area contributed by atoms with E-state index in [-0.39, 0.29) is 5.54 Å². The second-order valence-electron chi connectivity index (χ2n) is 4.75. The maximum atomic E-state index is 5.97. The zero-order valence-electron chi connectivity index (χ0n) is 8.89. The third kappa shape index (κ3) is 1.61. The van der Waals surface area contributed by atoms with Gasteiger partial charge in [-0.2, -0.15) is 0 Å². The number of hydrogen-bond acceptors (Lipinski definition) is 1. The Labute approximate surface area is 90.5 Å². The average molecular weight is 210 g/mol. The molecule has 0 spiro atoms. The molecule has 0 fully saturated rings. The van der Waals surface area contributed by atoms with E-state index in [4.69, 9.17) is 11.6 Å². The van der Waals surface area contributed by atoms with E-state index in [9.17, 15) is 0 Å². The third-order valence-corrected chi connectivity index (χ3v) is 3.52. The van der Waals surface area contributed by atoms with Crippen molar-refractivity contribution >= 4 is 17.3 Å². The predicted octanol–water partition coefficient (Wildman–Crippen LogP) is 3.72. The number of fused-ring (bicyclic) bond motifs is 1. The second kappa shape index (κ2) is 3.16. The van der Waals surface area contributed by atoms with Gasteiger partial charge < -0.3 is 5.32 Å². The molecule has 0 saturated carbocycles. The summed E-state index contributed by atoms with van der Waals surface area (Å²) in [5, 5.41) is 4.35. The maximum Gasteiger partial charge on any atom is 0.0426 e. The minimum atomic E-state index is 0.164. The highest BCUT2D eigenvalue weighted by Crippen LogP contribution is 2.35. The molecule has 1 aliphatic heterocycles. The SMILES string of the molecule is CC1Cc2ccc(Cl)cc2NC1(C)C. The van der Waals surface area contributed by atoms with Crippen LogP contribution in [0.25, 0.3) is 0 Å². The fourth-order valence-corrected chi connectivity index (χ4v) is 2.07. The van der Waals surface area contributed by atoms with Crippen LogP contribution in [0, 0.1) is 5.92 Å². The molecule has 2 heteroatoms. The monoisotopic (exact) mass is 209 g/mol. The standard InChI is InChI=1S/C12H16ClN/c1-8-6-9-4-5-10(13)7-11(9)14-12(8,2)3/h4-5,7-8,14H,6H2,1-3H3. The zero-order chi connectivity index (χ0) is 10.3. The first kappa shape index (κ1) is 9.85. The molecular weight excluding hydrogens is 194 g/mol. The van der Waals surface area contributed by atoms with Crippen molar-refractivity contribution in [3.05, 3.63) is 28.8 Å². The quantitative estimate of drug-likeness (QED) is 0.687. The molecule has 1 N–H and O–H groups in total. The van der Waals surface area contributed by atoms with E-state index in [0.717, 1.165) is 11.4 Å². The van der Waals surface area contributed by atoms with Gasteiger partial charge in [0.05, 0.1) is 0 Å². The molecule has 1 atom stereocenters. The lowest BCUT2D eigenvalue weighted by Crippen LogP contribution is -2.42. The minimum Gasteiger partial charge on any atom is -0.380 e. The average Bonchev–Trinajstić information content (AvgIpc) is 2.07. The highest BCUT2D eigenvalue weighted by atomic mass is 35.5. The topological polar surface area (TPSA) is 12.0 Å². The van der Waals surface area contributed by atoms with Crippen LogP contribution in [0.2, 0.25) is 5.02 Å². The number of rotatable bonds is 0. The van der Waals surface area contributed by atoms with Gasteiger partial charge in [-0.25, -0.2) is 0 Å². The van der Waals surface area contributed by atoms with Gasteiger partial charge >= 0.3 is 0 Å². The Kier molecular flexibility index (Phi) is 2.23. The third-order valence-electron chi connectivity index (χ3n) is 3.29. The molecule has 76 valence electrons. The van der Waals surface area contributed by atoms with Gasteiger partial charge in [0.1, 0.15) is 0 Å². The summed E-state index contributed by atoms with van der Waals surface area (Å²) >= 11 is 5.97. The Morgan fingerprint density at radius 1 is 1.43 bits per heavy atom. The van der Waals surface area contributed by atoms with E-state index >= 15 is 0 Å². The van der Waals surface area contributed by atoms with Crippen LogP contribution in [-0.2, 0) is 6.42 Å². The lowest BCUT2D eigenvalue weighted by molar-refractivity contribution is 0.362. The molecule has 1 aliphatic rings. The molecule has 14 heavy (non-hydrogen) atoms. The van der Waals surface area contributed by atoms with Crippen LogP contribution in [0.3, 0.4) is 0 Å². The van der Waals surface area contributed by atoms with Gasteiger partial charge in [0.25, 0.3) is 0 Å². The van der Waals surface area contributed by atoms with Crippen molar-refractivity contribution in [1.82, 2.24) is 0 Å². The van der Waals surface area contributed by atoms with Gasteiger partial charge in [0.2, 0.25) is 0 Å². The van der Waals surface area contributed by atoms with Crippen LogP contribution >= 0.6 is 11.6 Å². The smallest absolute Gasteiger partial charge is 0.0426 e. The largest absolute Gasteiger partial charge is 0.380 e. The van der Waals surface area contributed by atoms with E-state index in [1.807, 2.05) is 12.1 Å². The first-order valence-corrected chi connectivity index (χ1v) is 5.43. The van der Waals surface area contributed by atoms with Gasteiger partial charge in [-0.05, 0) is 43.9 Å². The van der Waals surface area contributed by atoms with Gasteiger partial charge in [-0.15, -0.1) is 0 Å². The van der Waals surface area contributed by atoms with E-state index < -0.39 is 0 Å². The van der Waals surface area contributed by atoms with Crippen LogP contribution in [0.4, 0.5) is 5.69 Å². The lowest BCUT2D eigenvalue weighted by Gasteiger charge is -2.39.